The van der Waals surface area contributed by atoms with Gasteiger partial charge in [0.2, 0.25) is 5.91 Å². The van der Waals surface area contributed by atoms with Gasteiger partial charge in [-0.25, -0.2) is 0 Å². The topological polar surface area (TPSA) is 67.9 Å². The molecule has 0 aliphatic heterocycles. The fourth-order valence-electron chi connectivity index (χ4n) is 3.73. The van der Waals surface area contributed by atoms with Crippen LogP contribution in [-0.4, -0.2) is 49.1 Å². The predicted molar refractivity (Wildman–Crippen MR) is 142 cm³/mol. The number of nitrogens with zero attached hydrogens (tertiary/aromatic N) is 1. The van der Waals surface area contributed by atoms with Gasteiger partial charge in [-0.3, -0.25) is 9.59 Å². The third-order valence-corrected chi connectivity index (χ3v) is 5.86. The van der Waals surface area contributed by atoms with Crippen molar-refractivity contribution in [3.8, 4) is 5.75 Å². The van der Waals surface area contributed by atoms with Crippen molar-refractivity contribution in [1.82, 2.24) is 10.2 Å². The fraction of sp³-hybridized carbons (Fsp3) is 0.310. The molecule has 36 heavy (non-hydrogen) atoms. The first-order chi connectivity index (χ1) is 17.6. The molecule has 0 aliphatic carbocycles. The van der Waals surface area contributed by atoms with Crippen LogP contribution in [0.5, 0.6) is 5.75 Å². The van der Waals surface area contributed by atoms with Gasteiger partial charge in [-0.2, -0.15) is 0 Å². The van der Waals surface area contributed by atoms with Crippen LogP contribution >= 0.6 is 11.6 Å². The van der Waals surface area contributed by atoms with Crippen LogP contribution in [0.4, 0.5) is 0 Å². The van der Waals surface area contributed by atoms with Gasteiger partial charge in [0.25, 0.3) is 5.91 Å². The Balaban J connectivity index is 1.83. The molecule has 3 aromatic carbocycles. The maximum Gasteiger partial charge on any atom is 0.261 e. The van der Waals surface area contributed by atoms with Gasteiger partial charge in [-0.05, 0) is 48.7 Å². The van der Waals surface area contributed by atoms with Crippen LogP contribution < -0.4 is 10.1 Å². The second-order valence-corrected chi connectivity index (χ2v) is 8.73. The summed E-state index contributed by atoms with van der Waals surface area (Å²) in [5.41, 5.74) is 1.83. The summed E-state index contributed by atoms with van der Waals surface area (Å²) in [5, 5.41) is 3.60. The Morgan fingerprint density at radius 3 is 2.25 bits per heavy atom. The summed E-state index contributed by atoms with van der Waals surface area (Å²) < 4.78 is 11.1. The number of rotatable bonds is 14. The highest BCUT2D eigenvalue weighted by atomic mass is 35.5. The molecule has 0 saturated carbocycles. The highest BCUT2D eigenvalue weighted by molar-refractivity contribution is 6.30. The molecule has 0 saturated heterocycles. The van der Waals surface area contributed by atoms with Gasteiger partial charge in [0.15, 0.2) is 6.61 Å². The van der Waals surface area contributed by atoms with Gasteiger partial charge in [0, 0.05) is 37.7 Å². The summed E-state index contributed by atoms with van der Waals surface area (Å²) >= 11 is 6.07. The Hall–Kier alpha value is -3.35. The average molecular weight is 509 g/mol. The Morgan fingerprint density at radius 2 is 1.58 bits per heavy atom. The lowest BCUT2D eigenvalue weighted by molar-refractivity contribution is -0.142. The Kier molecular flexibility index (Phi) is 11.3. The van der Waals surface area contributed by atoms with Crippen molar-refractivity contribution in [3.63, 3.8) is 0 Å². The van der Waals surface area contributed by atoms with Gasteiger partial charge >= 0.3 is 0 Å². The van der Waals surface area contributed by atoms with Gasteiger partial charge in [0.1, 0.15) is 11.8 Å². The molecule has 2 amide bonds. The van der Waals surface area contributed by atoms with Crippen LogP contribution in [0.1, 0.15) is 24.5 Å². The molecule has 0 aromatic heterocycles. The molecule has 0 aliphatic rings. The molecular weight excluding hydrogens is 476 g/mol. The first kappa shape index (κ1) is 27.2. The van der Waals surface area contributed by atoms with Crippen LogP contribution in [0.15, 0.2) is 84.9 Å². The molecular formula is C29H33ClN2O4. The van der Waals surface area contributed by atoms with E-state index in [0.29, 0.717) is 43.4 Å². The van der Waals surface area contributed by atoms with Gasteiger partial charge < -0.3 is 19.7 Å². The zero-order valence-corrected chi connectivity index (χ0v) is 21.3. The standard InChI is InChI=1S/C29H33ClN2O4/c1-2-35-19-9-18-31-29(34)27(20-23-10-5-3-6-11-23)32(21-24-14-16-25(30)17-15-24)28(33)22-36-26-12-7-4-8-13-26/h3-8,10-17,27H,2,9,18-22H2,1H3,(H,31,34)/t27-/m0/s1. The Labute approximate surface area is 218 Å². The number of carbonyl (C=O) groups is 2. The summed E-state index contributed by atoms with van der Waals surface area (Å²) in [6.45, 7) is 3.67. The lowest BCUT2D eigenvalue weighted by atomic mass is 10.0. The number of nitrogens with one attached hydrogen (secondary N) is 1. The minimum atomic E-state index is -0.720. The minimum absolute atomic E-state index is 0.180. The summed E-state index contributed by atoms with van der Waals surface area (Å²) in [6, 6.07) is 25.4. The molecule has 3 rings (SSSR count). The molecule has 7 heteroatoms. The summed E-state index contributed by atoms with van der Waals surface area (Å²) in [5.74, 6) is 0.105. The van der Waals surface area contributed by atoms with Crippen LogP contribution in [0.2, 0.25) is 5.02 Å². The molecule has 190 valence electrons. The molecule has 1 atom stereocenters. The number of amides is 2. The van der Waals surface area contributed by atoms with E-state index in [4.69, 9.17) is 21.1 Å². The normalized spacial score (nSPS) is 11.5. The molecule has 0 fully saturated rings. The first-order valence-corrected chi connectivity index (χ1v) is 12.6. The second kappa shape index (κ2) is 14.9. The molecule has 6 nitrogen and oxygen atoms in total. The molecule has 0 spiro atoms. The van der Waals surface area contributed by atoms with Crippen molar-refractivity contribution in [1.29, 1.82) is 0 Å². The molecule has 0 heterocycles. The lowest BCUT2D eigenvalue weighted by Gasteiger charge is -2.31. The number of hydrogen-bond donors (Lipinski definition) is 1. The molecule has 3 aromatic rings. The van der Waals surface area contributed by atoms with E-state index in [9.17, 15) is 9.59 Å². The maximum atomic E-state index is 13.5. The molecule has 0 radical (unpaired) electrons. The SMILES string of the molecule is CCOCCCNC(=O)[C@H](Cc1ccccc1)N(Cc1ccc(Cl)cc1)C(=O)COc1ccccc1. The van der Waals surface area contributed by atoms with Gasteiger partial charge in [-0.1, -0.05) is 72.3 Å². The van der Waals surface area contributed by atoms with Crippen molar-refractivity contribution in [3.05, 3.63) is 101 Å². The van der Waals surface area contributed by atoms with Crippen LogP contribution in [-0.2, 0) is 27.3 Å². The fourth-order valence-corrected chi connectivity index (χ4v) is 3.86. The quantitative estimate of drug-likeness (QED) is 0.314. The van der Waals surface area contributed by atoms with E-state index in [1.165, 1.54) is 0 Å². The first-order valence-electron chi connectivity index (χ1n) is 12.2. The number of halogens is 1. The smallest absolute Gasteiger partial charge is 0.261 e. The van der Waals surface area contributed by atoms with Gasteiger partial charge in [-0.15, -0.1) is 0 Å². The summed E-state index contributed by atoms with van der Waals surface area (Å²) in [6.07, 6.45) is 1.07. The highest BCUT2D eigenvalue weighted by Crippen LogP contribution is 2.18. The minimum Gasteiger partial charge on any atom is -0.484 e. The van der Waals surface area contributed by atoms with Crippen molar-refractivity contribution in [2.75, 3.05) is 26.4 Å². The van der Waals surface area contributed by atoms with Crippen molar-refractivity contribution < 1.29 is 19.1 Å². The molecule has 0 bridgehead atoms. The van der Waals surface area contributed by atoms with E-state index in [2.05, 4.69) is 5.32 Å². The molecule has 0 unspecified atom stereocenters. The van der Waals surface area contributed by atoms with E-state index in [0.717, 1.165) is 11.1 Å². The van der Waals surface area contributed by atoms with Crippen molar-refractivity contribution >= 4 is 23.4 Å². The number of benzene rings is 3. The number of carbonyl (C=O) groups excluding carboxylic acids is 2. The zero-order valence-electron chi connectivity index (χ0n) is 20.6. The van der Waals surface area contributed by atoms with E-state index < -0.39 is 6.04 Å². The van der Waals surface area contributed by atoms with Crippen molar-refractivity contribution in [2.24, 2.45) is 0 Å². The van der Waals surface area contributed by atoms with E-state index >= 15 is 0 Å². The third-order valence-electron chi connectivity index (χ3n) is 5.61. The lowest BCUT2D eigenvalue weighted by Crippen LogP contribution is -2.51. The number of ether oxygens (including phenoxy) is 2. The van der Waals surface area contributed by atoms with Crippen molar-refractivity contribution in [2.45, 2.75) is 32.4 Å². The Bertz CT molecular complexity index is 1060. The third kappa shape index (κ3) is 9.02. The zero-order chi connectivity index (χ0) is 25.6. The largest absolute Gasteiger partial charge is 0.484 e. The summed E-state index contributed by atoms with van der Waals surface area (Å²) in [4.78, 5) is 28.5. The predicted octanol–water partition coefficient (Wildman–Crippen LogP) is 4.90. The monoisotopic (exact) mass is 508 g/mol. The second-order valence-electron chi connectivity index (χ2n) is 8.30. The van der Waals surface area contributed by atoms with E-state index in [1.54, 1.807) is 29.2 Å². The number of hydrogen-bond acceptors (Lipinski definition) is 4. The maximum absolute atomic E-state index is 13.5. The van der Waals surface area contributed by atoms with Crippen LogP contribution in [0, 0.1) is 0 Å². The van der Waals surface area contributed by atoms with Gasteiger partial charge in [0.05, 0.1) is 0 Å². The van der Waals surface area contributed by atoms with Crippen LogP contribution in [0.25, 0.3) is 0 Å². The Morgan fingerprint density at radius 1 is 0.917 bits per heavy atom. The molecule has 1 N–H and O–H groups in total. The number of para-hydroxylation sites is 1. The average Bonchev–Trinajstić information content (AvgIpc) is 2.91. The summed E-state index contributed by atoms with van der Waals surface area (Å²) in [7, 11) is 0. The van der Waals surface area contributed by atoms with E-state index in [-0.39, 0.29) is 25.0 Å². The van der Waals surface area contributed by atoms with Crippen LogP contribution in [0.3, 0.4) is 0 Å². The van der Waals surface area contributed by atoms with E-state index in [1.807, 2.05) is 67.6 Å². The highest BCUT2D eigenvalue weighted by Gasteiger charge is 2.30.